The number of hydrogen-bond acceptors (Lipinski definition) is 2. The van der Waals surface area contributed by atoms with Crippen LogP contribution in [0.3, 0.4) is 0 Å². The fourth-order valence-corrected chi connectivity index (χ4v) is 13.7. The van der Waals surface area contributed by atoms with Crippen LogP contribution < -0.4 is 26.2 Å². The molecular formula is C82H76BN3. The van der Waals surface area contributed by atoms with Crippen molar-refractivity contribution in [2.75, 3.05) is 9.80 Å². The lowest BCUT2D eigenvalue weighted by molar-refractivity contribution is 0.590. The Hall–Kier alpha value is -9.12. The number of aromatic nitrogens is 1. The average Bonchev–Trinajstić information content (AvgIpc) is 0.908. The minimum atomic E-state index is -0.167. The van der Waals surface area contributed by atoms with E-state index in [-0.39, 0.29) is 28.4 Å². The third-order valence-electron chi connectivity index (χ3n) is 18.4. The molecule has 0 atom stereocenters. The average molecular weight is 1110 g/mol. The Labute approximate surface area is 510 Å². The van der Waals surface area contributed by atoms with Gasteiger partial charge in [0.2, 0.25) is 0 Å². The standard InChI is InChI=1S/C82H76BN3/c1-79(2,3)57-33-39-61(40-34-57)84-72-45-31-55(66-29-21-19-27-64(66)53-23-15-13-16-24-53)47-70(72)83-71-48-56(67-30-22-20-28-65(67)54-25-17-14-18-26-54)32-46-73(71)85(62-41-35-58(36-42-62)80(4,5)6)77-52-63(51-76(84)78(77)83)86-74-49-59(81(7,8)9)37-43-68(74)69-44-38-60(50-75(69)86)82(10,11)12/h13-52H,1-12H3. The van der Waals surface area contributed by atoms with E-state index >= 15 is 0 Å². The van der Waals surface area contributed by atoms with E-state index in [4.69, 9.17) is 0 Å². The molecule has 2 aliphatic heterocycles. The second-order valence-corrected chi connectivity index (χ2v) is 28.3. The van der Waals surface area contributed by atoms with Crippen molar-refractivity contribution in [2.45, 2.75) is 105 Å². The first-order valence-corrected chi connectivity index (χ1v) is 30.9. The second-order valence-electron chi connectivity index (χ2n) is 28.3. The van der Waals surface area contributed by atoms with Gasteiger partial charge >= 0.3 is 0 Å². The highest BCUT2D eigenvalue weighted by molar-refractivity contribution is 7.00. The van der Waals surface area contributed by atoms with Crippen molar-refractivity contribution in [1.29, 1.82) is 0 Å². The molecule has 1 aromatic heterocycles. The molecular weight excluding hydrogens is 1040 g/mol. The van der Waals surface area contributed by atoms with E-state index in [0.717, 1.165) is 17.1 Å². The molecule has 0 saturated carbocycles. The molecule has 0 spiro atoms. The molecule has 0 unspecified atom stereocenters. The lowest BCUT2D eigenvalue weighted by Crippen LogP contribution is -2.61. The Morgan fingerprint density at radius 2 is 0.605 bits per heavy atom. The Balaban J connectivity index is 1.13. The lowest BCUT2D eigenvalue weighted by atomic mass is 9.33. The summed E-state index contributed by atoms with van der Waals surface area (Å²) in [5.74, 6) is 0. The monoisotopic (exact) mass is 1110 g/mol. The molecule has 14 rings (SSSR count). The molecule has 4 heteroatoms. The van der Waals surface area contributed by atoms with E-state index in [0.29, 0.717) is 0 Å². The molecule has 0 amide bonds. The van der Waals surface area contributed by atoms with Gasteiger partial charge in [0.1, 0.15) is 0 Å². The minimum absolute atomic E-state index is 0.0263. The quantitative estimate of drug-likeness (QED) is 0.147. The van der Waals surface area contributed by atoms with Crippen LogP contribution in [-0.2, 0) is 21.7 Å². The molecule has 422 valence electrons. The van der Waals surface area contributed by atoms with Crippen molar-refractivity contribution in [3.63, 3.8) is 0 Å². The highest BCUT2D eigenvalue weighted by atomic mass is 15.2. The fraction of sp³-hybridized carbons (Fsp3) is 0.195. The van der Waals surface area contributed by atoms with Crippen molar-refractivity contribution >= 4 is 79.0 Å². The highest BCUT2D eigenvalue weighted by Crippen LogP contribution is 2.49. The largest absolute Gasteiger partial charge is 0.311 e. The molecule has 3 heterocycles. The lowest BCUT2D eigenvalue weighted by Gasteiger charge is -2.45. The summed E-state index contributed by atoms with van der Waals surface area (Å²) in [6.45, 7) is 27.7. The number of anilines is 6. The van der Waals surface area contributed by atoms with Crippen molar-refractivity contribution in [2.24, 2.45) is 0 Å². The van der Waals surface area contributed by atoms with Gasteiger partial charge < -0.3 is 14.4 Å². The zero-order chi connectivity index (χ0) is 59.6. The number of fused-ring (bicyclic) bond motifs is 7. The normalized spacial score (nSPS) is 13.3. The van der Waals surface area contributed by atoms with E-state index in [1.165, 1.54) is 128 Å². The minimum Gasteiger partial charge on any atom is -0.311 e. The van der Waals surface area contributed by atoms with Gasteiger partial charge in [-0.1, -0.05) is 265 Å². The summed E-state index contributed by atoms with van der Waals surface area (Å²) in [5, 5.41) is 2.51. The van der Waals surface area contributed by atoms with Gasteiger partial charge in [-0.3, -0.25) is 0 Å². The van der Waals surface area contributed by atoms with E-state index in [1.54, 1.807) is 0 Å². The van der Waals surface area contributed by atoms with E-state index < -0.39 is 0 Å². The molecule has 0 aliphatic carbocycles. The summed E-state index contributed by atoms with van der Waals surface area (Å²) in [5.41, 5.74) is 29.0. The molecule has 0 saturated heterocycles. The van der Waals surface area contributed by atoms with Gasteiger partial charge in [-0.15, -0.1) is 0 Å². The van der Waals surface area contributed by atoms with Crippen molar-refractivity contribution in [3.8, 4) is 50.2 Å². The van der Waals surface area contributed by atoms with Crippen molar-refractivity contribution < 1.29 is 0 Å². The van der Waals surface area contributed by atoms with Gasteiger partial charge in [0.15, 0.2) is 0 Å². The Morgan fingerprint density at radius 3 is 0.965 bits per heavy atom. The molecule has 12 aromatic rings. The fourth-order valence-electron chi connectivity index (χ4n) is 13.7. The van der Waals surface area contributed by atoms with Crippen LogP contribution in [0.4, 0.5) is 34.1 Å². The topological polar surface area (TPSA) is 11.4 Å². The van der Waals surface area contributed by atoms with Crippen LogP contribution in [0.2, 0.25) is 0 Å². The van der Waals surface area contributed by atoms with Crippen molar-refractivity contribution in [3.05, 3.63) is 265 Å². The first-order chi connectivity index (χ1) is 41.2. The van der Waals surface area contributed by atoms with E-state index in [1.807, 2.05) is 0 Å². The van der Waals surface area contributed by atoms with Crippen LogP contribution in [0.15, 0.2) is 243 Å². The molecule has 11 aromatic carbocycles. The Kier molecular flexibility index (Phi) is 12.9. The summed E-state index contributed by atoms with van der Waals surface area (Å²) < 4.78 is 2.60. The Bertz CT molecular complexity index is 4310. The predicted molar refractivity (Wildman–Crippen MR) is 371 cm³/mol. The molecule has 0 fully saturated rings. The predicted octanol–water partition coefficient (Wildman–Crippen LogP) is 20.7. The van der Waals surface area contributed by atoms with Gasteiger partial charge in [0, 0.05) is 44.9 Å². The Morgan fingerprint density at radius 1 is 0.267 bits per heavy atom. The van der Waals surface area contributed by atoms with Crippen LogP contribution in [0.5, 0.6) is 0 Å². The molecule has 3 nitrogen and oxygen atoms in total. The molecule has 0 radical (unpaired) electrons. The van der Waals surface area contributed by atoms with Crippen LogP contribution >= 0.6 is 0 Å². The SMILES string of the molecule is CC(C)(C)c1ccc(N2c3ccc(-c4ccccc4-c4ccccc4)cc3B3c4cc(-c5ccccc5-c5ccccc5)ccc4N(c4ccc(C(C)(C)C)cc4)c4cc(-n5c6cc(C(C)(C)C)ccc6c6ccc(C(C)(C)C)cc65)cc2c43)cc1. The third kappa shape index (κ3) is 9.37. The summed E-state index contributed by atoms with van der Waals surface area (Å²) in [6, 6.07) is 92.7. The maximum absolute atomic E-state index is 2.60. The van der Waals surface area contributed by atoms with Crippen LogP contribution in [0.1, 0.15) is 105 Å². The molecule has 0 bridgehead atoms. The summed E-state index contributed by atoms with van der Waals surface area (Å²) in [6.07, 6.45) is 0. The van der Waals surface area contributed by atoms with Gasteiger partial charge in [0.05, 0.1) is 16.7 Å². The number of hydrogen-bond donors (Lipinski definition) is 0. The zero-order valence-corrected chi connectivity index (χ0v) is 52.0. The second kappa shape index (κ2) is 20.3. The molecule has 0 N–H and O–H groups in total. The van der Waals surface area contributed by atoms with Crippen LogP contribution in [-0.4, -0.2) is 11.3 Å². The maximum Gasteiger partial charge on any atom is 0.252 e. The summed E-state index contributed by atoms with van der Waals surface area (Å²) in [4.78, 5) is 5.20. The van der Waals surface area contributed by atoms with Gasteiger partial charge in [-0.25, -0.2) is 0 Å². The maximum atomic E-state index is 2.60. The van der Waals surface area contributed by atoms with E-state index in [9.17, 15) is 0 Å². The number of benzene rings is 11. The van der Waals surface area contributed by atoms with Crippen molar-refractivity contribution in [1.82, 2.24) is 4.57 Å². The van der Waals surface area contributed by atoms with Gasteiger partial charge in [-0.2, -0.15) is 0 Å². The number of rotatable bonds is 7. The first-order valence-electron chi connectivity index (χ1n) is 30.9. The highest BCUT2D eigenvalue weighted by Gasteiger charge is 2.45. The van der Waals surface area contributed by atoms with Gasteiger partial charge in [0.25, 0.3) is 6.71 Å². The van der Waals surface area contributed by atoms with Crippen LogP contribution in [0.25, 0.3) is 72.0 Å². The van der Waals surface area contributed by atoms with E-state index in [2.05, 4.69) is 340 Å². The van der Waals surface area contributed by atoms with Crippen LogP contribution in [0, 0.1) is 0 Å². The molecule has 86 heavy (non-hydrogen) atoms. The summed E-state index contributed by atoms with van der Waals surface area (Å²) in [7, 11) is 0. The smallest absolute Gasteiger partial charge is 0.252 e. The third-order valence-corrected chi connectivity index (χ3v) is 18.4. The zero-order valence-electron chi connectivity index (χ0n) is 52.0. The molecule has 2 aliphatic rings. The number of nitrogens with zero attached hydrogens (tertiary/aromatic N) is 3. The summed E-state index contributed by atoms with van der Waals surface area (Å²) >= 11 is 0. The first kappa shape index (κ1) is 54.8. The van der Waals surface area contributed by atoms with Gasteiger partial charge in [-0.05, 0) is 165 Å².